The van der Waals surface area contributed by atoms with Crippen molar-refractivity contribution in [3.05, 3.63) is 291 Å². The number of rotatable bonds is 4. The molecule has 16 aromatic carbocycles. The normalized spacial score (nSPS) is 13.5. The molecule has 89 heavy (non-hydrogen) atoms. The summed E-state index contributed by atoms with van der Waals surface area (Å²) in [6, 6.07) is 114. The molecule has 4 aliphatic carbocycles. The van der Waals surface area contributed by atoms with Crippen LogP contribution in [0.1, 0.15) is 0 Å². The second-order valence-corrected chi connectivity index (χ2v) is 29.3. The summed E-state index contributed by atoms with van der Waals surface area (Å²) in [5, 5.41) is 16.5. The van der Waals surface area contributed by atoms with Crippen LogP contribution in [0.25, 0.3) is 199 Å². The molecule has 404 valence electrons. The van der Waals surface area contributed by atoms with E-state index in [0.29, 0.717) is 0 Å². The van der Waals surface area contributed by atoms with Crippen molar-refractivity contribution in [1.29, 1.82) is 0 Å². The molecule has 2 heterocycles. The van der Waals surface area contributed by atoms with Crippen molar-refractivity contribution in [2.45, 2.75) is 0 Å². The number of benzene rings is 16. The zero-order valence-electron chi connectivity index (χ0n) is 48.2. The average Bonchev–Trinajstić information content (AvgIpc) is 1.52. The predicted octanol–water partition coefficient (Wildman–Crippen LogP) is 20.9. The summed E-state index contributed by atoms with van der Waals surface area (Å²) in [4.78, 5) is 0. The molecule has 1 spiro atoms. The van der Waals surface area contributed by atoms with Gasteiger partial charge in [-0.05, 0) is 244 Å². The fourth-order valence-corrected chi connectivity index (χ4v) is 23.5. The third-order valence-corrected chi connectivity index (χ3v) is 26.5. The fourth-order valence-electron chi connectivity index (χ4n) is 17.8. The van der Waals surface area contributed by atoms with Crippen LogP contribution in [0, 0.1) is 0 Å². The minimum Gasteiger partial charge on any atom is -0.0610 e. The standard InChI is InChI=1S/C88H48Si/c1-9-49-13-5-21-73-77-41-53(25-33-61(77)69(17-1)85(49)73)57-29-37-65-66-38-30-58(54-26-34-62-70-18-2-10-50-14-6-22-74(86(50)70)78(62)42-54)46-82(66)89(81(65)45-57)83-47-59(55-27-35-63-71-19-3-11-51-15-7-23-75(87(51)71)79(63)43-55)31-39-67(83)68-40-32-60(48-84(68)89)56-28-36-64-72-20-4-12-52-16-8-24-76(88(52)72)80(64)44-56/h1-48H. The molecule has 0 radical (unpaired) electrons. The molecule has 1 heteroatoms. The van der Waals surface area contributed by atoms with E-state index in [9.17, 15) is 0 Å². The van der Waals surface area contributed by atoms with Gasteiger partial charge in [0.2, 0.25) is 0 Å². The first-order valence-corrected chi connectivity index (χ1v) is 33.4. The van der Waals surface area contributed by atoms with Gasteiger partial charge in [-0.25, -0.2) is 0 Å². The van der Waals surface area contributed by atoms with Crippen molar-refractivity contribution in [1.82, 2.24) is 0 Å². The van der Waals surface area contributed by atoms with Crippen molar-refractivity contribution in [3.63, 3.8) is 0 Å². The number of hydrogen-bond donors (Lipinski definition) is 0. The molecule has 0 aromatic heterocycles. The molecule has 16 aromatic rings. The molecule has 6 aliphatic rings. The summed E-state index contributed by atoms with van der Waals surface area (Å²) in [5.41, 5.74) is 36.5. The first kappa shape index (κ1) is 47.0. The Morgan fingerprint density at radius 2 is 0.315 bits per heavy atom. The van der Waals surface area contributed by atoms with Crippen LogP contribution in [-0.2, 0) is 0 Å². The van der Waals surface area contributed by atoms with Crippen LogP contribution >= 0.6 is 0 Å². The Kier molecular flexibility index (Phi) is 8.78. The predicted molar refractivity (Wildman–Crippen MR) is 378 cm³/mol. The zero-order chi connectivity index (χ0) is 57.5. The smallest absolute Gasteiger partial charge is 0.0610 e. The lowest BCUT2D eigenvalue weighted by atomic mass is 9.94. The van der Waals surface area contributed by atoms with Crippen molar-refractivity contribution < 1.29 is 0 Å². The topological polar surface area (TPSA) is 0 Å². The van der Waals surface area contributed by atoms with Gasteiger partial charge in [0.25, 0.3) is 0 Å². The minimum absolute atomic E-state index is 1.25. The molecule has 0 N–H and O–H groups in total. The summed E-state index contributed by atoms with van der Waals surface area (Å²) in [5.74, 6) is 0. The first-order chi connectivity index (χ1) is 44.1. The van der Waals surface area contributed by atoms with E-state index < -0.39 is 8.07 Å². The Morgan fingerprint density at radius 3 is 0.528 bits per heavy atom. The molecule has 0 unspecified atom stereocenters. The van der Waals surface area contributed by atoms with Crippen molar-refractivity contribution >= 4 is 71.9 Å². The lowest BCUT2D eigenvalue weighted by molar-refractivity contribution is 1.62. The molecule has 0 bridgehead atoms. The maximum absolute atomic E-state index is 3.25. The van der Waals surface area contributed by atoms with Crippen LogP contribution in [-0.4, -0.2) is 8.07 Å². The molecule has 22 rings (SSSR count). The van der Waals surface area contributed by atoms with Gasteiger partial charge in [0.1, 0.15) is 0 Å². The van der Waals surface area contributed by atoms with E-state index in [1.807, 2.05) is 0 Å². The number of hydrogen-bond acceptors (Lipinski definition) is 0. The maximum atomic E-state index is 2.65. The zero-order valence-corrected chi connectivity index (χ0v) is 49.2. The first-order valence-electron chi connectivity index (χ1n) is 31.4. The summed E-state index contributed by atoms with van der Waals surface area (Å²) in [6.07, 6.45) is 0. The van der Waals surface area contributed by atoms with E-state index in [1.165, 1.54) is 220 Å². The molecule has 0 atom stereocenters. The molecule has 0 amide bonds. The van der Waals surface area contributed by atoms with Gasteiger partial charge >= 0.3 is 0 Å². The third-order valence-electron chi connectivity index (χ3n) is 21.6. The number of fused-ring (bicyclic) bond motifs is 22. The Labute approximate surface area is 515 Å². The van der Waals surface area contributed by atoms with Crippen LogP contribution < -0.4 is 20.7 Å². The Balaban J connectivity index is 0.795. The molecule has 0 fully saturated rings. The Hall–Kier alpha value is -11.2. The van der Waals surface area contributed by atoms with Crippen LogP contribution in [0.15, 0.2) is 291 Å². The van der Waals surface area contributed by atoms with Gasteiger partial charge in [0.15, 0.2) is 8.07 Å². The van der Waals surface area contributed by atoms with Crippen LogP contribution in [0.3, 0.4) is 0 Å². The quantitative estimate of drug-likeness (QED) is 0.154. The second kappa shape index (κ2) is 16.6. The van der Waals surface area contributed by atoms with E-state index in [-0.39, 0.29) is 0 Å². The Bertz CT molecular complexity index is 5280. The van der Waals surface area contributed by atoms with E-state index in [2.05, 4.69) is 291 Å². The highest BCUT2D eigenvalue weighted by Crippen LogP contribution is 2.54. The third kappa shape index (κ3) is 5.94. The largest absolute Gasteiger partial charge is 0.182 e. The van der Waals surface area contributed by atoms with E-state index in [0.717, 1.165) is 0 Å². The molecule has 2 aliphatic heterocycles. The second-order valence-electron chi connectivity index (χ2n) is 25.7. The minimum atomic E-state index is -3.25. The molecular weight excluding hydrogens is 1090 g/mol. The van der Waals surface area contributed by atoms with Crippen molar-refractivity contribution in [2.75, 3.05) is 0 Å². The summed E-state index contributed by atoms with van der Waals surface area (Å²) >= 11 is 0. The van der Waals surface area contributed by atoms with Gasteiger partial charge in [-0.1, -0.05) is 267 Å². The van der Waals surface area contributed by atoms with Crippen LogP contribution in [0.4, 0.5) is 0 Å². The van der Waals surface area contributed by atoms with E-state index in [4.69, 9.17) is 0 Å². The van der Waals surface area contributed by atoms with E-state index >= 15 is 0 Å². The fraction of sp³-hybridized carbons (Fsp3) is 0. The maximum Gasteiger partial charge on any atom is 0.182 e. The highest BCUT2D eigenvalue weighted by molar-refractivity contribution is 7.24. The Morgan fingerprint density at radius 1 is 0.135 bits per heavy atom. The molecule has 0 nitrogen and oxygen atoms in total. The van der Waals surface area contributed by atoms with Crippen molar-refractivity contribution in [3.8, 4) is 156 Å². The molecule has 0 saturated heterocycles. The molecule has 0 saturated carbocycles. The lowest BCUT2D eigenvalue weighted by Crippen LogP contribution is -2.70. The van der Waals surface area contributed by atoms with Gasteiger partial charge in [-0.15, -0.1) is 0 Å². The monoisotopic (exact) mass is 1130 g/mol. The van der Waals surface area contributed by atoms with Gasteiger partial charge in [-0.2, -0.15) is 0 Å². The van der Waals surface area contributed by atoms with Crippen LogP contribution in [0.2, 0.25) is 0 Å². The summed E-state index contributed by atoms with van der Waals surface area (Å²) in [6.45, 7) is 0. The lowest BCUT2D eigenvalue weighted by Gasteiger charge is -2.29. The van der Waals surface area contributed by atoms with Gasteiger partial charge in [0.05, 0.1) is 0 Å². The summed E-state index contributed by atoms with van der Waals surface area (Å²) in [7, 11) is -3.25. The van der Waals surface area contributed by atoms with E-state index in [1.54, 1.807) is 0 Å². The average molecular weight is 1130 g/mol. The van der Waals surface area contributed by atoms with Gasteiger partial charge < -0.3 is 0 Å². The highest BCUT2D eigenvalue weighted by atomic mass is 28.3. The van der Waals surface area contributed by atoms with Gasteiger partial charge in [-0.3, -0.25) is 0 Å². The van der Waals surface area contributed by atoms with Crippen molar-refractivity contribution in [2.24, 2.45) is 0 Å². The summed E-state index contributed by atoms with van der Waals surface area (Å²) < 4.78 is 0. The molecular formula is C88H48Si. The van der Waals surface area contributed by atoms with Gasteiger partial charge in [0, 0.05) is 0 Å². The highest BCUT2D eigenvalue weighted by Gasteiger charge is 2.55. The van der Waals surface area contributed by atoms with Crippen LogP contribution in [0.5, 0.6) is 0 Å². The SMILES string of the molecule is c1cc2c3c(cccc3c1)-c1cc(-c3ccc4c(c3)[Si]3(c5cc(-c6ccc7c(c6)-c6cccc8cccc-7c68)ccc5-4)c4cc(-c5ccc6c(c5)-c5cccc7cccc-6c57)ccc4-c4ccc(-c5ccc6c(c5)-c5cccc7cccc-6c57)cc43)ccc1-2.